The SMILES string of the molecule is CCC(=O)[C@@]1(C)[C@@H](C)C[C@H]2[C@@H]3CCC4=Cc5nn(CC6CCC(CC)C6)cc5C[C@]4(C)[C@@]3(Cl)[C@@H](O)C[C@@]21C. The molecule has 4 fully saturated rings. The van der Waals surface area contributed by atoms with Gasteiger partial charge in [-0.3, -0.25) is 9.48 Å². The number of fused-ring (bicyclic) bond motifs is 6. The van der Waals surface area contributed by atoms with Gasteiger partial charge in [0.15, 0.2) is 0 Å². The highest BCUT2D eigenvalue weighted by molar-refractivity contribution is 6.26. The maximum atomic E-state index is 13.4. The van der Waals surface area contributed by atoms with Crippen LogP contribution in [0.3, 0.4) is 0 Å². The van der Waals surface area contributed by atoms with Gasteiger partial charge in [0.05, 0.1) is 16.7 Å². The predicted octanol–water partition coefficient (Wildman–Crippen LogP) is 7.46. The minimum absolute atomic E-state index is 0.204. The molecule has 5 heteroatoms. The number of aromatic nitrogens is 2. The fourth-order valence-corrected chi connectivity index (χ4v) is 11.2. The highest BCUT2D eigenvalue weighted by atomic mass is 35.5. The number of hydrogen-bond acceptors (Lipinski definition) is 3. The molecule has 0 amide bonds. The van der Waals surface area contributed by atoms with E-state index in [9.17, 15) is 9.90 Å². The predicted molar refractivity (Wildman–Crippen MR) is 154 cm³/mol. The third-order valence-corrected chi connectivity index (χ3v) is 14.3. The van der Waals surface area contributed by atoms with Crippen molar-refractivity contribution in [2.45, 2.75) is 123 Å². The largest absolute Gasteiger partial charge is 0.391 e. The zero-order valence-electron chi connectivity index (χ0n) is 24.5. The standard InChI is InChI=1S/C33H49ClN2O2/c1-7-21-9-10-22(14-21)18-36-19-23-16-30(4)24(15-27(23)35-36)11-12-25-26-13-20(3)32(6,28(37)8-2)31(26,5)17-29(38)33(25,30)34/h15,19-22,25-26,29,38H,7-14,16-18H2,1-6H3/t20-,21?,22?,25-,26-,29-,30-,31-,32+,33-/m0/s1. The molecule has 1 aromatic rings. The number of alkyl halides is 1. The van der Waals surface area contributed by atoms with Crippen molar-refractivity contribution in [1.29, 1.82) is 0 Å². The molecule has 0 aromatic carbocycles. The average Bonchev–Trinajstić information content (AvgIpc) is 3.55. The van der Waals surface area contributed by atoms with Gasteiger partial charge < -0.3 is 5.11 Å². The Labute approximate surface area is 235 Å². The van der Waals surface area contributed by atoms with Crippen LogP contribution in [0.25, 0.3) is 6.08 Å². The van der Waals surface area contributed by atoms with E-state index < -0.39 is 16.4 Å². The van der Waals surface area contributed by atoms with Crippen LogP contribution in [0.1, 0.15) is 111 Å². The Kier molecular flexibility index (Phi) is 6.36. The summed E-state index contributed by atoms with van der Waals surface area (Å²) in [7, 11) is 0. The summed E-state index contributed by atoms with van der Waals surface area (Å²) in [6, 6.07) is 0. The highest BCUT2D eigenvalue weighted by Crippen LogP contribution is 2.74. The van der Waals surface area contributed by atoms with Crippen LogP contribution in [0, 0.1) is 45.8 Å². The van der Waals surface area contributed by atoms with E-state index in [4.69, 9.17) is 16.7 Å². The topological polar surface area (TPSA) is 55.1 Å². The van der Waals surface area contributed by atoms with Gasteiger partial charge >= 0.3 is 0 Å². The molecule has 6 rings (SSSR count). The first-order chi connectivity index (χ1) is 17.9. The third-order valence-electron chi connectivity index (χ3n) is 13.3. The maximum absolute atomic E-state index is 13.4. The van der Waals surface area contributed by atoms with Gasteiger partial charge in [-0.1, -0.05) is 60.0 Å². The van der Waals surface area contributed by atoms with Gasteiger partial charge in [0.25, 0.3) is 0 Å². The lowest BCUT2D eigenvalue weighted by Crippen LogP contribution is -2.68. The lowest BCUT2D eigenvalue weighted by molar-refractivity contribution is -0.153. The second-order valence-corrected chi connectivity index (χ2v) is 15.3. The molecule has 0 radical (unpaired) electrons. The van der Waals surface area contributed by atoms with Gasteiger partial charge in [0.2, 0.25) is 0 Å². The van der Waals surface area contributed by atoms with Crippen molar-refractivity contribution in [3.63, 3.8) is 0 Å². The van der Waals surface area contributed by atoms with Crippen LogP contribution in [-0.4, -0.2) is 31.6 Å². The van der Waals surface area contributed by atoms with Crippen molar-refractivity contribution >= 4 is 23.5 Å². The number of halogens is 1. The van der Waals surface area contributed by atoms with Gasteiger partial charge in [-0.05, 0) is 91.6 Å². The number of rotatable bonds is 5. The molecule has 5 aliphatic carbocycles. The summed E-state index contributed by atoms with van der Waals surface area (Å²) < 4.78 is 2.21. The first-order valence-corrected chi connectivity index (χ1v) is 16.0. The molecular formula is C33H49ClN2O2. The Morgan fingerprint density at radius 2 is 1.87 bits per heavy atom. The molecule has 210 valence electrons. The first-order valence-electron chi connectivity index (χ1n) is 15.6. The van der Waals surface area contributed by atoms with Crippen molar-refractivity contribution in [2.75, 3.05) is 0 Å². The molecule has 1 heterocycles. The zero-order valence-corrected chi connectivity index (χ0v) is 25.3. The van der Waals surface area contributed by atoms with Crippen molar-refractivity contribution in [1.82, 2.24) is 9.78 Å². The van der Waals surface area contributed by atoms with Crippen molar-refractivity contribution in [3.8, 4) is 0 Å². The van der Waals surface area contributed by atoms with E-state index in [1.54, 1.807) is 0 Å². The number of carbonyl (C=O) groups is 1. The minimum atomic E-state index is -0.721. The number of aliphatic hydroxyl groups is 1. The Balaban J connectivity index is 1.32. The molecule has 1 aromatic heterocycles. The summed E-state index contributed by atoms with van der Waals surface area (Å²) >= 11 is 7.86. The van der Waals surface area contributed by atoms with E-state index in [0.717, 1.165) is 49.8 Å². The normalized spacial score (nSPS) is 47.6. The van der Waals surface area contributed by atoms with Crippen LogP contribution in [0.2, 0.25) is 0 Å². The van der Waals surface area contributed by atoms with Gasteiger partial charge in [0, 0.05) is 30.0 Å². The lowest BCUT2D eigenvalue weighted by atomic mass is 9.43. The van der Waals surface area contributed by atoms with Crippen LogP contribution < -0.4 is 0 Å². The number of nitrogens with zero attached hydrogens (tertiary/aromatic N) is 2. The van der Waals surface area contributed by atoms with Gasteiger partial charge in [-0.2, -0.15) is 5.10 Å². The maximum Gasteiger partial charge on any atom is 0.139 e. The summed E-state index contributed by atoms with van der Waals surface area (Å²) in [5, 5.41) is 17.1. The minimum Gasteiger partial charge on any atom is -0.391 e. The zero-order chi connectivity index (χ0) is 27.3. The smallest absolute Gasteiger partial charge is 0.139 e. The summed E-state index contributed by atoms with van der Waals surface area (Å²) in [5.74, 6) is 2.84. The Hall–Kier alpha value is -1.13. The van der Waals surface area contributed by atoms with E-state index in [1.807, 2.05) is 6.92 Å². The monoisotopic (exact) mass is 540 g/mol. The Morgan fingerprint density at radius 1 is 1.13 bits per heavy atom. The number of aliphatic hydroxyl groups excluding tert-OH is 1. The summed E-state index contributed by atoms with van der Waals surface area (Å²) in [6.07, 6.45) is 14.3. The van der Waals surface area contributed by atoms with Gasteiger partial charge in [0.1, 0.15) is 5.78 Å². The Bertz CT molecular complexity index is 1160. The number of carbonyl (C=O) groups excluding carboxylic acids is 1. The summed E-state index contributed by atoms with van der Waals surface area (Å²) in [4.78, 5) is 12.7. The molecule has 2 unspecified atom stereocenters. The second-order valence-electron chi connectivity index (χ2n) is 14.7. The Morgan fingerprint density at radius 3 is 2.55 bits per heavy atom. The molecule has 38 heavy (non-hydrogen) atoms. The van der Waals surface area contributed by atoms with Crippen LogP contribution in [0.15, 0.2) is 11.8 Å². The third kappa shape index (κ3) is 3.37. The second kappa shape index (κ2) is 8.93. The molecule has 4 saturated carbocycles. The molecular weight excluding hydrogens is 492 g/mol. The fourth-order valence-electron chi connectivity index (χ4n) is 10.7. The number of Topliss-reactive ketones (excluding diaryl/α,β-unsaturated/α-hetero) is 1. The average molecular weight is 541 g/mol. The molecule has 1 N–H and O–H groups in total. The van der Waals surface area contributed by atoms with E-state index in [-0.39, 0.29) is 16.7 Å². The van der Waals surface area contributed by atoms with Crippen LogP contribution in [-0.2, 0) is 17.8 Å². The van der Waals surface area contributed by atoms with Crippen molar-refractivity contribution < 1.29 is 9.90 Å². The molecule has 0 spiro atoms. The number of allylic oxidation sites excluding steroid dienone is 1. The number of ketones is 1. The van der Waals surface area contributed by atoms with E-state index in [1.165, 1.54) is 36.8 Å². The fraction of sp³-hybridized carbons (Fsp3) is 0.818. The highest BCUT2D eigenvalue weighted by Gasteiger charge is 2.73. The number of hydrogen-bond donors (Lipinski definition) is 1. The van der Waals surface area contributed by atoms with E-state index in [2.05, 4.69) is 51.6 Å². The molecule has 0 aliphatic heterocycles. The van der Waals surface area contributed by atoms with E-state index >= 15 is 0 Å². The quantitative estimate of drug-likeness (QED) is 0.394. The lowest BCUT2D eigenvalue weighted by Gasteiger charge is -2.65. The molecule has 10 atom stereocenters. The van der Waals surface area contributed by atoms with Crippen molar-refractivity contribution in [3.05, 3.63) is 23.0 Å². The van der Waals surface area contributed by atoms with Gasteiger partial charge in [-0.25, -0.2) is 0 Å². The summed E-state index contributed by atoms with van der Waals surface area (Å²) in [5.41, 5.74) is 2.84. The summed E-state index contributed by atoms with van der Waals surface area (Å²) in [6.45, 7) is 14.4. The molecule has 5 aliphatic rings. The van der Waals surface area contributed by atoms with Crippen molar-refractivity contribution in [2.24, 2.45) is 45.8 Å². The molecule has 4 nitrogen and oxygen atoms in total. The van der Waals surface area contributed by atoms with E-state index in [0.29, 0.717) is 30.5 Å². The van der Waals surface area contributed by atoms with Crippen LogP contribution >= 0.6 is 11.6 Å². The molecule has 0 saturated heterocycles. The van der Waals surface area contributed by atoms with Gasteiger partial charge in [-0.15, -0.1) is 11.6 Å². The van der Waals surface area contributed by atoms with Crippen LogP contribution in [0.4, 0.5) is 0 Å². The first kappa shape index (κ1) is 27.1. The molecule has 0 bridgehead atoms. The van der Waals surface area contributed by atoms with Crippen LogP contribution in [0.5, 0.6) is 0 Å².